The molecule has 6 nitrogen and oxygen atoms in total. The van der Waals surface area contributed by atoms with Crippen LogP contribution in [0.4, 0.5) is 5.82 Å². The van der Waals surface area contributed by atoms with Gasteiger partial charge in [0.1, 0.15) is 11.5 Å². The van der Waals surface area contributed by atoms with E-state index in [4.69, 9.17) is 0 Å². The molecular formula is C19H29N5O. The Morgan fingerprint density at radius 1 is 1.16 bits per heavy atom. The summed E-state index contributed by atoms with van der Waals surface area (Å²) in [5.74, 6) is 3.35. The minimum atomic E-state index is 0.000901. The van der Waals surface area contributed by atoms with Gasteiger partial charge in [0.05, 0.1) is 12.4 Å². The van der Waals surface area contributed by atoms with Gasteiger partial charge in [-0.05, 0) is 44.1 Å². The first-order valence-corrected chi connectivity index (χ1v) is 9.74. The van der Waals surface area contributed by atoms with Gasteiger partial charge >= 0.3 is 0 Å². The molecule has 1 N–H and O–H groups in total. The van der Waals surface area contributed by atoms with E-state index in [2.05, 4.69) is 27.2 Å². The lowest BCUT2D eigenvalue weighted by Crippen LogP contribution is -2.47. The van der Waals surface area contributed by atoms with Gasteiger partial charge in [0, 0.05) is 32.7 Å². The maximum absolute atomic E-state index is 12.6. The largest absolute Gasteiger partial charge is 0.368 e. The van der Waals surface area contributed by atoms with Gasteiger partial charge in [-0.3, -0.25) is 9.78 Å². The summed E-state index contributed by atoms with van der Waals surface area (Å²) in [7, 11) is 2.09. The Morgan fingerprint density at radius 2 is 2.00 bits per heavy atom. The maximum atomic E-state index is 12.6. The first kappa shape index (κ1) is 16.8. The van der Waals surface area contributed by atoms with E-state index >= 15 is 0 Å². The molecule has 1 aromatic rings. The van der Waals surface area contributed by atoms with Crippen molar-refractivity contribution in [2.45, 2.75) is 32.1 Å². The molecule has 6 heteroatoms. The van der Waals surface area contributed by atoms with Crippen molar-refractivity contribution in [2.24, 2.45) is 17.8 Å². The molecule has 2 aliphatic carbocycles. The standard InChI is InChI=1S/C19H29N5O/c1-23-7-9-24(10-8-23)19(25)17-12-20-13-18(22-17)21-11-15-6-5-14-3-2-4-16(14)15/h12-16H,2-11H2,1H3,(H,21,22)/t14-,15+,16-/m0/s1. The van der Waals surface area contributed by atoms with Crippen molar-refractivity contribution >= 4 is 11.7 Å². The Kier molecular flexibility index (Phi) is 4.88. The van der Waals surface area contributed by atoms with Crippen molar-refractivity contribution in [3.8, 4) is 0 Å². The van der Waals surface area contributed by atoms with Crippen LogP contribution in [0.2, 0.25) is 0 Å². The van der Waals surface area contributed by atoms with Crippen molar-refractivity contribution in [1.82, 2.24) is 19.8 Å². The van der Waals surface area contributed by atoms with Crippen LogP contribution in [0.3, 0.4) is 0 Å². The van der Waals surface area contributed by atoms with Crippen molar-refractivity contribution in [2.75, 3.05) is 45.1 Å². The average molecular weight is 343 g/mol. The molecule has 0 spiro atoms. The number of fused-ring (bicyclic) bond motifs is 1. The van der Waals surface area contributed by atoms with E-state index in [0.29, 0.717) is 5.69 Å². The number of carbonyl (C=O) groups is 1. The van der Waals surface area contributed by atoms with Crippen LogP contribution >= 0.6 is 0 Å². The first-order chi connectivity index (χ1) is 12.2. The fourth-order valence-corrected chi connectivity index (χ4v) is 4.90. The first-order valence-electron chi connectivity index (χ1n) is 9.74. The van der Waals surface area contributed by atoms with Gasteiger partial charge in [-0.25, -0.2) is 4.98 Å². The van der Waals surface area contributed by atoms with Gasteiger partial charge < -0.3 is 15.1 Å². The van der Waals surface area contributed by atoms with E-state index in [9.17, 15) is 4.79 Å². The summed E-state index contributed by atoms with van der Waals surface area (Å²) in [5, 5.41) is 3.45. The molecule has 4 rings (SSSR count). The van der Waals surface area contributed by atoms with E-state index in [0.717, 1.165) is 56.3 Å². The predicted molar refractivity (Wildman–Crippen MR) is 97.5 cm³/mol. The van der Waals surface area contributed by atoms with Crippen LogP contribution in [-0.2, 0) is 0 Å². The van der Waals surface area contributed by atoms with Crippen LogP contribution in [0.1, 0.15) is 42.6 Å². The molecule has 136 valence electrons. The van der Waals surface area contributed by atoms with Crippen molar-refractivity contribution in [3.63, 3.8) is 0 Å². The number of hydrogen-bond acceptors (Lipinski definition) is 5. The second-order valence-corrected chi connectivity index (χ2v) is 7.96. The van der Waals surface area contributed by atoms with E-state index < -0.39 is 0 Å². The van der Waals surface area contributed by atoms with Gasteiger partial charge in [-0.2, -0.15) is 0 Å². The molecule has 3 aliphatic rings. The van der Waals surface area contributed by atoms with E-state index in [1.807, 2.05) is 4.90 Å². The molecule has 1 saturated heterocycles. The van der Waals surface area contributed by atoms with Gasteiger partial charge in [-0.1, -0.05) is 12.8 Å². The summed E-state index contributed by atoms with van der Waals surface area (Å²) in [6.45, 7) is 4.32. The summed E-state index contributed by atoms with van der Waals surface area (Å²) in [4.78, 5) is 25.5. The van der Waals surface area contributed by atoms with Gasteiger partial charge in [0.2, 0.25) is 0 Å². The molecule has 25 heavy (non-hydrogen) atoms. The number of nitrogens with one attached hydrogen (secondary N) is 1. The van der Waals surface area contributed by atoms with E-state index in [1.165, 1.54) is 32.1 Å². The summed E-state index contributed by atoms with van der Waals surface area (Å²) in [6, 6.07) is 0. The Morgan fingerprint density at radius 3 is 2.84 bits per heavy atom. The van der Waals surface area contributed by atoms with Gasteiger partial charge in [0.15, 0.2) is 0 Å². The molecule has 0 bridgehead atoms. The van der Waals surface area contributed by atoms with Crippen LogP contribution < -0.4 is 5.32 Å². The third-order valence-corrected chi connectivity index (χ3v) is 6.42. The highest BCUT2D eigenvalue weighted by Crippen LogP contribution is 2.47. The molecule has 2 saturated carbocycles. The third kappa shape index (κ3) is 3.64. The Hall–Kier alpha value is -1.69. The fraction of sp³-hybridized carbons (Fsp3) is 0.737. The molecule has 0 aromatic carbocycles. The highest BCUT2D eigenvalue weighted by Gasteiger charge is 2.38. The van der Waals surface area contributed by atoms with Crippen molar-refractivity contribution in [3.05, 3.63) is 18.1 Å². The highest BCUT2D eigenvalue weighted by atomic mass is 16.2. The zero-order chi connectivity index (χ0) is 17.2. The Bertz CT molecular complexity index is 614. The van der Waals surface area contributed by atoms with Crippen LogP contribution in [0.25, 0.3) is 0 Å². The number of piperazine rings is 1. The molecular weight excluding hydrogens is 314 g/mol. The van der Waals surface area contributed by atoms with Crippen LogP contribution in [0, 0.1) is 17.8 Å². The molecule has 1 aliphatic heterocycles. The topological polar surface area (TPSA) is 61.4 Å². The summed E-state index contributed by atoms with van der Waals surface area (Å²) in [6.07, 6.45) is 10.3. The highest BCUT2D eigenvalue weighted by molar-refractivity contribution is 5.92. The minimum absolute atomic E-state index is 0.000901. The average Bonchev–Trinajstić information content (AvgIpc) is 3.24. The molecule has 2 heterocycles. The molecule has 0 radical (unpaired) electrons. The van der Waals surface area contributed by atoms with Crippen LogP contribution in [0.5, 0.6) is 0 Å². The fourth-order valence-electron chi connectivity index (χ4n) is 4.90. The van der Waals surface area contributed by atoms with E-state index in [-0.39, 0.29) is 5.91 Å². The van der Waals surface area contributed by atoms with E-state index in [1.54, 1.807) is 12.4 Å². The quantitative estimate of drug-likeness (QED) is 0.907. The Labute approximate surface area is 150 Å². The lowest BCUT2D eigenvalue weighted by atomic mass is 9.92. The zero-order valence-electron chi connectivity index (χ0n) is 15.2. The van der Waals surface area contributed by atoms with Crippen LogP contribution in [-0.4, -0.2) is 65.4 Å². The predicted octanol–water partition coefficient (Wildman–Crippen LogP) is 2.10. The minimum Gasteiger partial charge on any atom is -0.368 e. The third-order valence-electron chi connectivity index (χ3n) is 6.42. The zero-order valence-corrected chi connectivity index (χ0v) is 15.2. The Balaban J connectivity index is 1.35. The number of rotatable bonds is 4. The number of carbonyl (C=O) groups excluding carboxylic acids is 1. The maximum Gasteiger partial charge on any atom is 0.274 e. The molecule has 3 atom stereocenters. The second kappa shape index (κ2) is 7.28. The summed E-state index contributed by atoms with van der Waals surface area (Å²) in [5.41, 5.74) is 0.458. The SMILES string of the molecule is CN1CCN(C(=O)c2cncc(NC[C@H]3CC[C@@H]4CCC[C@@H]43)n2)CC1. The molecule has 0 unspecified atom stereocenters. The number of anilines is 1. The normalized spacial score (nSPS) is 29.6. The van der Waals surface area contributed by atoms with Crippen LogP contribution in [0.15, 0.2) is 12.4 Å². The van der Waals surface area contributed by atoms with Crippen molar-refractivity contribution < 1.29 is 4.79 Å². The number of aromatic nitrogens is 2. The molecule has 3 fully saturated rings. The van der Waals surface area contributed by atoms with Gasteiger partial charge in [0.25, 0.3) is 5.91 Å². The summed E-state index contributed by atoms with van der Waals surface area (Å²) >= 11 is 0. The molecule has 1 aromatic heterocycles. The lowest BCUT2D eigenvalue weighted by molar-refractivity contribution is 0.0658. The van der Waals surface area contributed by atoms with Gasteiger partial charge in [-0.15, -0.1) is 0 Å². The number of nitrogens with zero attached hydrogens (tertiary/aromatic N) is 4. The number of amides is 1. The number of hydrogen-bond donors (Lipinski definition) is 1. The monoisotopic (exact) mass is 343 g/mol. The van der Waals surface area contributed by atoms with Crippen molar-refractivity contribution in [1.29, 1.82) is 0 Å². The molecule has 1 amide bonds. The second-order valence-electron chi connectivity index (χ2n) is 7.96. The number of likely N-dealkylation sites (N-methyl/N-ethyl adjacent to an activating group) is 1. The summed E-state index contributed by atoms with van der Waals surface area (Å²) < 4.78 is 0. The lowest BCUT2D eigenvalue weighted by Gasteiger charge is -2.32. The smallest absolute Gasteiger partial charge is 0.274 e.